The molecule has 0 amide bonds. The van der Waals surface area contributed by atoms with E-state index in [9.17, 15) is 28.5 Å². The molecular weight excluding hydrogens is 441 g/mol. The van der Waals surface area contributed by atoms with E-state index >= 15 is 0 Å². The highest BCUT2D eigenvalue weighted by atomic mass is 19.4. The predicted octanol–water partition coefficient (Wildman–Crippen LogP) is 6.66. The highest BCUT2D eigenvalue weighted by Crippen LogP contribution is 2.69. The molecule has 6 heteroatoms. The first-order valence-electron chi connectivity index (χ1n) is 12.9. The van der Waals surface area contributed by atoms with Crippen LogP contribution in [0.3, 0.4) is 0 Å². The van der Waals surface area contributed by atoms with Gasteiger partial charge in [0.2, 0.25) is 0 Å². The van der Waals surface area contributed by atoms with Crippen LogP contribution in [0.15, 0.2) is 30.9 Å². The molecule has 0 aromatic heterocycles. The number of aliphatic hydroxyl groups excluding tert-OH is 2. The molecule has 4 rings (SSSR count). The molecule has 2 fully saturated rings. The summed E-state index contributed by atoms with van der Waals surface area (Å²) in [6, 6.07) is 5.74. The summed E-state index contributed by atoms with van der Waals surface area (Å²) in [5, 5.41) is 30.3. The Labute approximate surface area is 201 Å². The average molecular weight is 481 g/mol. The molecule has 0 unspecified atom stereocenters. The minimum absolute atomic E-state index is 0.0874. The highest BCUT2D eigenvalue weighted by Gasteiger charge is 2.63. The molecule has 0 spiro atoms. The van der Waals surface area contributed by atoms with E-state index in [-0.39, 0.29) is 29.3 Å². The van der Waals surface area contributed by atoms with Gasteiger partial charge in [0.25, 0.3) is 0 Å². The van der Waals surface area contributed by atoms with Crippen molar-refractivity contribution in [2.45, 2.75) is 102 Å². The number of phenols is 1. The normalized spacial score (nSPS) is 35.8. The van der Waals surface area contributed by atoms with E-state index < -0.39 is 12.3 Å². The number of benzene rings is 1. The lowest BCUT2D eigenvalue weighted by Crippen LogP contribution is -2.54. The van der Waals surface area contributed by atoms with Gasteiger partial charge in [-0.15, -0.1) is 6.58 Å². The van der Waals surface area contributed by atoms with Gasteiger partial charge in [-0.05, 0) is 96.8 Å². The molecule has 1 aromatic carbocycles. The highest BCUT2D eigenvalue weighted by molar-refractivity contribution is 5.43. The van der Waals surface area contributed by atoms with E-state index in [0.29, 0.717) is 30.4 Å². The molecule has 0 heterocycles. The van der Waals surface area contributed by atoms with Crippen molar-refractivity contribution in [2.75, 3.05) is 0 Å². The van der Waals surface area contributed by atoms with Crippen molar-refractivity contribution in [3.63, 3.8) is 0 Å². The Morgan fingerprint density at radius 2 is 1.91 bits per heavy atom. The summed E-state index contributed by atoms with van der Waals surface area (Å²) in [6.45, 7) is 6.56. The zero-order valence-electron chi connectivity index (χ0n) is 20.2. The lowest BCUT2D eigenvalue weighted by Gasteiger charge is -2.60. The number of aryl methyl sites for hydroxylation is 1. The molecule has 0 radical (unpaired) electrons. The van der Waals surface area contributed by atoms with E-state index in [1.54, 1.807) is 6.07 Å². The fourth-order valence-electron chi connectivity index (χ4n) is 7.95. The summed E-state index contributed by atoms with van der Waals surface area (Å²) in [5.74, 6) is 1.29. The minimum atomic E-state index is -4.53. The molecule has 3 aliphatic rings. The van der Waals surface area contributed by atoms with Gasteiger partial charge < -0.3 is 15.3 Å². The number of alkyl halides is 3. The number of unbranched alkanes of at least 4 members (excludes halogenated alkanes) is 3. The summed E-state index contributed by atoms with van der Waals surface area (Å²) in [5.41, 5.74) is 2.26. The maximum atomic E-state index is 12.5. The van der Waals surface area contributed by atoms with Gasteiger partial charge in [0.05, 0.1) is 6.10 Å². The summed E-state index contributed by atoms with van der Waals surface area (Å²) < 4.78 is 37.6. The fourth-order valence-corrected chi connectivity index (χ4v) is 7.95. The molecule has 34 heavy (non-hydrogen) atoms. The van der Waals surface area contributed by atoms with Crippen LogP contribution in [0.1, 0.15) is 88.2 Å². The van der Waals surface area contributed by atoms with Gasteiger partial charge in [-0.2, -0.15) is 13.2 Å². The molecule has 3 nitrogen and oxygen atoms in total. The van der Waals surface area contributed by atoms with Crippen molar-refractivity contribution in [1.29, 1.82) is 0 Å². The number of fused-ring (bicyclic) bond motifs is 5. The second-order valence-corrected chi connectivity index (χ2v) is 11.3. The maximum absolute atomic E-state index is 12.5. The van der Waals surface area contributed by atoms with Crippen LogP contribution >= 0.6 is 0 Å². The SMILES string of the molecule is C=C[C@@]12CCc3cc(O)ccc3[C@H]1[C@@H](CCCCCC[C@H](O)C(F)(F)F)C[C@@]1(C)[C@H]2CC[C@@H]1O. The zero-order valence-corrected chi connectivity index (χ0v) is 20.2. The molecule has 0 bridgehead atoms. The Morgan fingerprint density at radius 1 is 1.18 bits per heavy atom. The third-order valence-corrected chi connectivity index (χ3v) is 9.54. The van der Waals surface area contributed by atoms with Crippen LogP contribution in [0, 0.1) is 22.7 Å². The summed E-state index contributed by atoms with van der Waals surface area (Å²) in [4.78, 5) is 0. The molecule has 2 saturated carbocycles. The van der Waals surface area contributed by atoms with Crippen LogP contribution in [-0.2, 0) is 6.42 Å². The molecule has 190 valence electrons. The van der Waals surface area contributed by atoms with Crippen molar-refractivity contribution in [3.05, 3.63) is 42.0 Å². The smallest absolute Gasteiger partial charge is 0.414 e. The first-order valence-corrected chi connectivity index (χ1v) is 12.9. The Hall–Kier alpha value is -1.53. The Bertz CT molecular complexity index is 884. The molecule has 3 N–H and O–H groups in total. The Balaban J connectivity index is 1.51. The second kappa shape index (κ2) is 9.50. The number of phenolic OH excluding ortho intramolecular Hbond substituents is 1. The van der Waals surface area contributed by atoms with Crippen molar-refractivity contribution >= 4 is 0 Å². The lowest BCUT2D eigenvalue weighted by molar-refractivity contribution is -0.205. The molecule has 0 aliphatic heterocycles. The third kappa shape index (κ3) is 4.41. The molecule has 0 saturated heterocycles. The van der Waals surface area contributed by atoms with Gasteiger partial charge in [-0.3, -0.25) is 0 Å². The van der Waals surface area contributed by atoms with Crippen LogP contribution in [0.4, 0.5) is 13.2 Å². The van der Waals surface area contributed by atoms with Gasteiger partial charge in [0.15, 0.2) is 0 Å². The number of aromatic hydroxyl groups is 1. The number of aliphatic hydroxyl groups is 2. The van der Waals surface area contributed by atoms with Crippen molar-refractivity contribution in [3.8, 4) is 5.75 Å². The van der Waals surface area contributed by atoms with Crippen LogP contribution in [0.25, 0.3) is 0 Å². The van der Waals surface area contributed by atoms with Crippen molar-refractivity contribution < 1.29 is 28.5 Å². The van der Waals surface area contributed by atoms with Crippen molar-refractivity contribution in [1.82, 2.24) is 0 Å². The van der Waals surface area contributed by atoms with Crippen LogP contribution in [0.5, 0.6) is 5.75 Å². The van der Waals surface area contributed by atoms with Gasteiger partial charge in [0.1, 0.15) is 11.9 Å². The molecule has 3 aliphatic carbocycles. The standard InChI is InChI=1S/C28H39F3O3/c1-3-27-15-14-18-16-20(32)10-11-21(18)25(27)19(17-26(2)22(27)12-13-23(26)33)8-6-4-5-7-9-24(34)28(29,30)31/h3,10-11,16,19,22-25,32-34H,1,4-9,12-15,17H2,2H3/t19-,22+,23-,24-,25+,26-,27-/m0/s1. The molecular formula is C28H39F3O3. The third-order valence-electron chi connectivity index (χ3n) is 9.54. The van der Waals surface area contributed by atoms with Gasteiger partial charge >= 0.3 is 6.18 Å². The van der Waals surface area contributed by atoms with Gasteiger partial charge in [-0.25, -0.2) is 0 Å². The number of rotatable bonds is 8. The van der Waals surface area contributed by atoms with Crippen LogP contribution < -0.4 is 0 Å². The minimum Gasteiger partial charge on any atom is -0.508 e. The maximum Gasteiger partial charge on any atom is 0.414 e. The van der Waals surface area contributed by atoms with Crippen molar-refractivity contribution in [2.24, 2.45) is 22.7 Å². The number of allylic oxidation sites excluding steroid dienone is 1. The lowest BCUT2D eigenvalue weighted by atomic mass is 9.44. The van der Waals surface area contributed by atoms with E-state index in [1.165, 1.54) is 11.1 Å². The van der Waals surface area contributed by atoms with E-state index in [0.717, 1.165) is 51.4 Å². The number of hydrogen-bond donors (Lipinski definition) is 3. The van der Waals surface area contributed by atoms with E-state index in [2.05, 4.69) is 25.6 Å². The summed E-state index contributed by atoms with van der Waals surface area (Å²) in [7, 11) is 0. The zero-order chi connectivity index (χ0) is 24.7. The molecule has 1 aromatic rings. The topological polar surface area (TPSA) is 60.7 Å². The summed E-state index contributed by atoms with van der Waals surface area (Å²) >= 11 is 0. The molecule has 7 atom stereocenters. The quantitative estimate of drug-likeness (QED) is 0.288. The summed E-state index contributed by atoms with van der Waals surface area (Å²) in [6.07, 6.45) is 3.21. The number of hydrogen-bond acceptors (Lipinski definition) is 3. The van der Waals surface area contributed by atoms with E-state index in [1.807, 2.05) is 6.07 Å². The van der Waals surface area contributed by atoms with Gasteiger partial charge in [-0.1, -0.05) is 44.7 Å². The monoisotopic (exact) mass is 480 g/mol. The Morgan fingerprint density at radius 3 is 2.62 bits per heavy atom. The average Bonchev–Trinajstić information content (AvgIpc) is 3.09. The fraction of sp³-hybridized carbons (Fsp3) is 0.714. The first kappa shape index (κ1) is 25.6. The largest absolute Gasteiger partial charge is 0.508 e. The second-order valence-electron chi connectivity index (χ2n) is 11.3. The predicted molar refractivity (Wildman–Crippen MR) is 127 cm³/mol. The van der Waals surface area contributed by atoms with Gasteiger partial charge in [0, 0.05) is 0 Å². The van der Waals surface area contributed by atoms with E-state index in [4.69, 9.17) is 0 Å². The number of halogens is 3. The van der Waals surface area contributed by atoms with Crippen LogP contribution in [-0.4, -0.2) is 33.7 Å². The van der Waals surface area contributed by atoms with Crippen LogP contribution in [0.2, 0.25) is 0 Å². The Kier molecular flexibility index (Phi) is 7.14. The first-order chi connectivity index (χ1) is 16.0.